The lowest BCUT2D eigenvalue weighted by Gasteiger charge is -2.29. The molecule has 0 spiro atoms. The third-order valence-electron chi connectivity index (χ3n) is 2.69. The Balaban J connectivity index is 2.21. The molecule has 6 heteroatoms. The van der Waals surface area contributed by atoms with E-state index in [2.05, 4.69) is 21.9 Å². The van der Waals surface area contributed by atoms with E-state index in [-0.39, 0.29) is 6.10 Å². The van der Waals surface area contributed by atoms with Gasteiger partial charge in [0.2, 0.25) is 0 Å². The molecule has 1 aliphatic heterocycles. The van der Waals surface area contributed by atoms with Crippen LogP contribution in [0.5, 0.6) is 0 Å². The van der Waals surface area contributed by atoms with Gasteiger partial charge in [0.25, 0.3) is 0 Å². The van der Waals surface area contributed by atoms with Gasteiger partial charge >= 0.3 is 0 Å². The maximum atomic E-state index is 5.70. The van der Waals surface area contributed by atoms with Crippen LogP contribution < -0.4 is 0 Å². The lowest BCUT2D eigenvalue weighted by molar-refractivity contribution is -0.0257. The number of rotatable bonds is 3. The molecular weight excluding hydrogens is 238 g/mol. The van der Waals surface area contributed by atoms with Crippen LogP contribution in [0.25, 0.3) is 0 Å². The second-order valence-electron chi connectivity index (χ2n) is 4.18. The number of nitrogens with zero attached hydrogens (tertiary/aromatic N) is 2. The predicted molar refractivity (Wildman–Crippen MR) is 66.3 cm³/mol. The van der Waals surface area contributed by atoms with Gasteiger partial charge in [-0.05, 0) is 13.1 Å². The van der Waals surface area contributed by atoms with Crippen molar-refractivity contribution in [2.45, 2.75) is 12.7 Å². The minimum atomic E-state index is -0.0349. The molecule has 1 aliphatic rings. The molecular formula is C11H17N3O2S. The van der Waals surface area contributed by atoms with Crippen LogP contribution in [-0.4, -0.2) is 48.7 Å². The summed E-state index contributed by atoms with van der Waals surface area (Å²) < 4.78 is 11.4. The van der Waals surface area contributed by atoms with Crippen LogP contribution in [0.1, 0.15) is 17.6 Å². The van der Waals surface area contributed by atoms with Gasteiger partial charge < -0.3 is 19.4 Å². The number of aromatic nitrogens is 2. The van der Waals surface area contributed by atoms with Gasteiger partial charge in [-0.2, -0.15) is 0 Å². The molecule has 94 valence electrons. The second-order valence-corrected chi connectivity index (χ2v) is 4.60. The van der Waals surface area contributed by atoms with Crippen molar-refractivity contribution >= 4 is 12.2 Å². The Hall–Kier alpha value is -0.820. The molecule has 5 nitrogen and oxygen atoms in total. The number of hydrogen-bond donors (Lipinski definition) is 1. The summed E-state index contributed by atoms with van der Waals surface area (Å²) in [4.78, 5) is 9.77. The van der Waals surface area contributed by atoms with Crippen molar-refractivity contribution in [1.29, 1.82) is 0 Å². The van der Waals surface area contributed by atoms with E-state index >= 15 is 0 Å². The first-order chi connectivity index (χ1) is 8.19. The fourth-order valence-corrected chi connectivity index (χ4v) is 2.10. The highest BCUT2D eigenvalue weighted by Gasteiger charge is 2.21. The monoisotopic (exact) mass is 255 g/mol. The molecule has 17 heavy (non-hydrogen) atoms. The van der Waals surface area contributed by atoms with Gasteiger partial charge in [-0.1, -0.05) is 12.2 Å². The van der Waals surface area contributed by atoms with Crippen LogP contribution in [0, 0.1) is 4.64 Å². The van der Waals surface area contributed by atoms with Crippen LogP contribution in [-0.2, 0) is 16.1 Å². The fourth-order valence-electron chi connectivity index (χ4n) is 1.86. The number of morpholine rings is 1. The Labute approximate surface area is 106 Å². The quantitative estimate of drug-likeness (QED) is 0.825. The van der Waals surface area contributed by atoms with Crippen LogP contribution in [0.15, 0.2) is 6.07 Å². The van der Waals surface area contributed by atoms with Crippen molar-refractivity contribution in [3.05, 3.63) is 22.2 Å². The van der Waals surface area contributed by atoms with E-state index in [1.54, 1.807) is 7.11 Å². The molecule has 0 bridgehead atoms. The summed E-state index contributed by atoms with van der Waals surface area (Å²) in [5, 5.41) is 0. The van der Waals surface area contributed by atoms with E-state index in [1.165, 1.54) is 0 Å². The predicted octanol–water partition coefficient (Wildman–Crippen LogP) is 1.29. The summed E-state index contributed by atoms with van der Waals surface area (Å²) in [6, 6.07) is 1.81. The minimum absolute atomic E-state index is 0.0349. The highest BCUT2D eigenvalue weighted by Crippen LogP contribution is 2.18. The molecule has 1 fully saturated rings. The molecule has 1 N–H and O–H groups in total. The highest BCUT2D eigenvalue weighted by molar-refractivity contribution is 7.71. The van der Waals surface area contributed by atoms with Gasteiger partial charge in [0, 0.05) is 25.9 Å². The normalized spacial score (nSPS) is 21.6. The summed E-state index contributed by atoms with van der Waals surface area (Å²) in [7, 11) is 3.73. The van der Waals surface area contributed by atoms with Crippen molar-refractivity contribution in [1.82, 2.24) is 14.9 Å². The van der Waals surface area contributed by atoms with Crippen LogP contribution in [0.3, 0.4) is 0 Å². The number of H-pyrrole nitrogens is 1. The van der Waals surface area contributed by atoms with E-state index in [0.717, 1.165) is 31.2 Å². The molecule has 0 saturated carbocycles. The second kappa shape index (κ2) is 5.68. The van der Waals surface area contributed by atoms with Crippen molar-refractivity contribution in [3.8, 4) is 0 Å². The van der Waals surface area contributed by atoms with Gasteiger partial charge in [0.05, 0.1) is 13.2 Å². The Bertz CT molecular complexity index is 435. The van der Waals surface area contributed by atoms with Gasteiger partial charge in [-0.3, -0.25) is 0 Å². The Morgan fingerprint density at radius 1 is 1.71 bits per heavy atom. The fraction of sp³-hybridized carbons (Fsp3) is 0.636. The molecule has 1 atom stereocenters. The van der Waals surface area contributed by atoms with Gasteiger partial charge in [-0.15, -0.1) is 0 Å². The molecule has 2 rings (SSSR count). The highest BCUT2D eigenvalue weighted by atomic mass is 32.1. The lowest BCUT2D eigenvalue weighted by atomic mass is 10.2. The van der Waals surface area contributed by atoms with E-state index in [1.807, 2.05) is 6.07 Å². The molecule has 0 aliphatic carbocycles. The van der Waals surface area contributed by atoms with Gasteiger partial charge in [0.15, 0.2) is 0 Å². The van der Waals surface area contributed by atoms with Crippen LogP contribution >= 0.6 is 12.2 Å². The summed E-state index contributed by atoms with van der Waals surface area (Å²) in [6.45, 7) is 3.00. The Morgan fingerprint density at radius 2 is 2.53 bits per heavy atom. The average molecular weight is 255 g/mol. The van der Waals surface area contributed by atoms with Crippen molar-refractivity contribution < 1.29 is 9.47 Å². The number of methoxy groups -OCH3 is 1. The Kier molecular flexibility index (Phi) is 4.22. The average Bonchev–Trinajstić information content (AvgIpc) is 2.28. The van der Waals surface area contributed by atoms with Gasteiger partial charge in [0.1, 0.15) is 16.6 Å². The smallest absolute Gasteiger partial charge is 0.138 e. The third kappa shape index (κ3) is 3.32. The van der Waals surface area contributed by atoms with Crippen molar-refractivity contribution in [3.63, 3.8) is 0 Å². The maximum Gasteiger partial charge on any atom is 0.138 e. The molecule has 1 unspecified atom stereocenters. The van der Waals surface area contributed by atoms with E-state index in [0.29, 0.717) is 11.2 Å². The minimum Gasteiger partial charge on any atom is -0.378 e. The summed E-state index contributed by atoms with van der Waals surface area (Å²) in [5.41, 5.74) is 0.930. The van der Waals surface area contributed by atoms with Crippen molar-refractivity contribution in [2.24, 2.45) is 0 Å². The zero-order valence-corrected chi connectivity index (χ0v) is 10.9. The topological polar surface area (TPSA) is 50.4 Å². The van der Waals surface area contributed by atoms with E-state index in [9.17, 15) is 0 Å². The largest absolute Gasteiger partial charge is 0.378 e. The molecule has 0 amide bonds. The first-order valence-electron chi connectivity index (χ1n) is 5.58. The molecule has 1 saturated heterocycles. The van der Waals surface area contributed by atoms with Gasteiger partial charge in [-0.25, -0.2) is 4.98 Å². The zero-order chi connectivity index (χ0) is 12.3. The SMILES string of the molecule is COCc1cc(=S)nc(C2CN(C)CCO2)[nH]1. The molecule has 0 aromatic carbocycles. The van der Waals surface area contributed by atoms with Crippen molar-refractivity contribution in [2.75, 3.05) is 33.9 Å². The summed E-state index contributed by atoms with van der Waals surface area (Å²) >= 11 is 5.14. The first-order valence-corrected chi connectivity index (χ1v) is 5.99. The molecule has 1 aromatic rings. The molecule has 1 aromatic heterocycles. The maximum absolute atomic E-state index is 5.70. The molecule has 2 heterocycles. The molecule has 0 radical (unpaired) electrons. The first kappa shape index (κ1) is 12.6. The standard InChI is InChI=1S/C11H17N3O2S/c1-14-3-4-16-9(6-14)11-12-8(7-15-2)5-10(17)13-11/h5,9H,3-4,6-7H2,1-2H3,(H,12,13,17). The summed E-state index contributed by atoms with van der Waals surface area (Å²) in [5.74, 6) is 0.788. The lowest BCUT2D eigenvalue weighted by Crippen LogP contribution is -2.36. The Morgan fingerprint density at radius 3 is 3.24 bits per heavy atom. The van der Waals surface area contributed by atoms with Crippen LogP contribution in [0.2, 0.25) is 0 Å². The third-order valence-corrected chi connectivity index (χ3v) is 2.90. The number of nitrogens with one attached hydrogen (secondary N) is 1. The number of aromatic amines is 1. The van der Waals surface area contributed by atoms with E-state index < -0.39 is 0 Å². The number of ether oxygens (including phenoxy) is 2. The zero-order valence-electron chi connectivity index (χ0n) is 10.1. The van der Waals surface area contributed by atoms with E-state index in [4.69, 9.17) is 21.7 Å². The van der Waals surface area contributed by atoms with Crippen LogP contribution in [0.4, 0.5) is 0 Å². The summed E-state index contributed by atoms with van der Waals surface area (Å²) in [6.07, 6.45) is -0.0349. The number of hydrogen-bond acceptors (Lipinski definition) is 5. The number of likely N-dealkylation sites (N-methyl/N-ethyl adjacent to an activating group) is 1.